The van der Waals surface area contributed by atoms with E-state index >= 15 is 0 Å². The van der Waals surface area contributed by atoms with Crippen LogP contribution in [-0.4, -0.2) is 4.98 Å². The molecule has 4 nitrogen and oxygen atoms in total. The number of aromatic nitrogens is 1. The zero-order chi connectivity index (χ0) is 10.7. The topological polar surface area (TPSA) is 61.9 Å². The zero-order valence-electron chi connectivity index (χ0n) is 7.53. The second-order valence-corrected chi connectivity index (χ2v) is 4.09. The molecule has 0 fully saturated rings. The molecule has 0 spiro atoms. The Bertz CT molecular complexity index is 486. The smallest absolute Gasteiger partial charge is 0.185 e. The van der Waals surface area contributed by atoms with E-state index in [0.717, 1.165) is 5.56 Å². The summed E-state index contributed by atoms with van der Waals surface area (Å²) in [5, 5.41) is 12.6. The van der Waals surface area contributed by atoms with Gasteiger partial charge in [0.05, 0.1) is 12.5 Å². The number of hydrogen-bond acceptors (Lipinski definition) is 5. The summed E-state index contributed by atoms with van der Waals surface area (Å²) in [6, 6.07) is 3.83. The van der Waals surface area contributed by atoms with E-state index in [-0.39, 0.29) is 5.15 Å². The molecule has 2 heterocycles. The van der Waals surface area contributed by atoms with Crippen LogP contribution in [0.1, 0.15) is 10.4 Å². The fourth-order valence-electron chi connectivity index (χ4n) is 1.02. The van der Waals surface area contributed by atoms with Crippen molar-refractivity contribution in [3.63, 3.8) is 0 Å². The van der Waals surface area contributed by atoms with Crippen LogP contribution in [0.2, 0.25) is 5.15 Å². The number of hydrogen-bond donors (Lipinski definition) is 1. The normalized spacial score (nSPS) is 9.87. The fraction of sp³-hybridized carbons (Fsp3) is 0.111. The first-order chi connectivity index (χ1) is 7.29. The number of rotatable bonds is 3. The molecular weight excluding hydrogens is 234 g/mol. The average molecular weight is 240 g/mol. The third kappa shape index (κ3) is 2.29. The lowest BCUT2D eigenvalue weighted by molar-refractivity contribution is 0.564. The van der Waals surface area contributed by atoms with Gasteiger partial charge in [0, 0.05) is 12.1 Å². The lowest BCUT2D eigenvalue weighted by atomic mass is 10.3. The van der Waals surface area contributed by atoms with Crippen LogP contribution >= 0.6 is 22.9 Å². The second kappa shape index (κ2) is 4.34. The van der Waals surface area contributed by atoms with Gasteiger partial charge in [0.15, 0.2) is 10.3 Å². The van der Waals surface area contributed by atoms with Gasteiger partial charge < -0.3 is 9.73 Å². The summed E-state index contributed by atoms with van der Waals surface area (Å²) in [5.74, 6) is 0. The van der Waals surface area contributed by atoms with Crippen molar-refractivity contribution in [1.82, 2.24) is 4.98 Å². The number of furan rings is 1. The molecule has 2 aromatic heterocycles. The zero-order valence-corrected chi connectivity index (χ0v) is 9.10. The lowest BCUT2D eigenvalue weighted by Gasteiger charge is -1.97. The summed E-state index contributed by atoms with van der Waals surface area (Å²) in [6.07, 6.45) is 3.25. The first-order valence-corrected chi connectivity index (χ1v) is 5.30. The van der Waals surface area contributed by atoms with E-state index in [1.54, 1.807) is 12.5 Å². The Kier molecular flexibility index (Phi) is 2.90. The number of thiazole rings is 1. The van der Waals surface area contributed by atoms with Crippen molar-refractivity contribution in [2.45, 2.75) is 6.54 Å². The van der Waals surface area contributed by atoms with Crippen molar-refractivity contribution in [3.05, 3.63) is 34.2 Å². The molecule has 0 atom stereocenters. The highest BCUT2D eigenvalue weighted by molar-refractivity contribution is 7.16. The molecular formula is C9H6ClN3OS. The molecule has 0 unspecified atom stereocenters. The van der Waals surface area contributed by atoms with Gasteiger partial charge in [0.2, 0.25) is 0 Å². The first kappa shape index (κ1) is 10.0. The highest BCUT2D eigenvalue weighted by Crippen LogP contribution is 2.26. The molecule has 0 saturated carbocycles. The van der Waals surface area contributed by atoms with E-state index in [9.17, 15) is 0 Å². The Morgan fingerprint density at radius 3 is 3.13 bits per heavy atom. The molecule has 2 rings (SSSR count). The van der Waals surface area contributed by atoms with Crippen LogP contribution in [0.3, 0.4) is 0 Å². The number of nitrogens with zero attached hydrogens (tertiary/aromatic N) is 2. The minimum absolute atomic E-state index is 0.247. The predicted molar refractivity (Wildman–Crippen MR) is 57.9 cm³/mol. The summed E-state index contributed by atoms with van der Waals surface area (Å²) in [7, 11) is 0. The Hall–Kier alpha value is -1.51. The summed E-state index contributed by atoms with van der Waals surface area (Å²) in [5.41, 5.74) is 1.01. The summed E-state index contributed by atoms with van der Waals surface area (Å²) >= 11 is 6.96. The van der Waals surface area contributed by atoms with Crippen molar-refractivity contribution in [1.29, 1.82) is 5.26 Å². The molecule has 0 aliphatic carbocycles. The van der Waals surface area contributed by atoms with Crippen molar-refractivity contribution in [2.24, 2.45) is 0 Å². The quantitative estimate of drug-likeness (QED) is 0.895. The summed E-state index contributed by atoms with van der Waals surface area (Å²) in [4.78, 5) is 4.42. The van der Waals surface area contributed by atoms with Crippen LogP contribution in [0.25, 0.3) is 0 Å². The highest BCUT2D eigenvalue weighted by atomic mass is 35.5. The number of halogens is 1. The van der Waals surface area contributed by atoms with E-state index in [0.29, 0.717) is 16.6 Å². The van der Waals surface area contributed by atoms with E-state index in [2.05, 4.69) is 10.3 Å². The molecule has 0 aliphatic rings. The predicted octanol–water partition coefficient (Wildman–Crippen LogP) is 2.87. The van der Waals surface area contributed by atoms with Crippen LogP contribution in [0.5, 0.6) is 0 Å². The maximum absolute atomic E-state index is 8.68. The summed E-state index contributed by atoms with van der Waals surface area (Å²) in [6.45, 7) is 0.602. The van der Waals surface area contributed by atoms with E-state index in [1.807, 2.05) is 12.1 Å². The SMILES string of the molecule is N#Cc1sc(NCc2ccoc2)nc1Cl. The minimum atomic E-state index is 0.247. The molecule has 6 heteroatoms. The molecule has 0 aliphatic heterocycles. The first-order valence-electron chi connectivity index (χ1n) is 4.11. The van der Waals surface area contributed by atoms with Gasteiger partial charge in [-0.15, -0.1) is 0 Å². The highest BCUT2D eigenvalue weighted by Gasteiger charge is 2.07. The van der Waals surface area contributed by atoms with Gasteiger partial charge in [0.25, 0.3) is 0 Å². The molecule has 15 heavy (non-hydrogen) atoms. The monoisotopic (exact) mass is 239 g/mol. The largest absolute Gasteiger partial charge is 0.472 e. The molecule has 2 aromatic rings. The van der Waals surface area contributed by atoms with Crippen LogP contribution in [0.15, 0.2) is 23.0 Å². The molecule has 0 bridgehead atoms. The third-order valence-corrected chi connectivity index (χ3v) is 3.01. The molecule has 0 amide bonds. The van der Waals surface area contributed by atoms with Crippen molar-refractivity contribution >= 4 is 28.1 Å². The minimum Gasteiger partial charge on any atom is -0.472 e. The Balaban J connectivity index is 2.03. The maximum Gasteiger partial charge on any atom is 0.185 e. The maximum atomic E-state index is 8.68. The Morgan fingerprint density at radius 1 is 1.67 bits per heavy atom. The standard InChI is InChI=1S/C9H6ClN3OS/c10-8-7(3-11)15-9(13-8)12-4-6-1-2-14-5-6/h1-2,5H,4H2,(H,12,13). The van der Waals surface area contributed by atoms with E-state index in [4.69, 9.17) is 21.3 Å². The van der Waals surface area contributed by atoms with E-state index < -0.39 is 0 Å². The lowest BCUT2D eigenvalue weighted by Crippen LogP contribution is -1.96. The van der Waals surface area contributed by atoms with Crippen molar-refractivity contribution < 1.29 is 4.42 Å². The molecule has 0 aromatic carbocycles. The fourth-order valence-corrected chi connectivity index (χ4v) is 1.96. The number of nitriles is 1. The van der Waals surface area contributed by atoms with Gasteiger partial charge in [0.1, 0.15) is 10.9 Å². The van der Waals surface area contributed by atoms with Crippen LogP contribution in [0, 0.1) is 11.3 Å². The molecule has 0 saturated heterocycles. The van der Waals surface area contributed by atoms with Crippen LogP contribution in [-0.2, 0) is 6.54 Å². The van der Waals surface area contributed by atoms with Crippen molar-refractivity contribution in [2.75, 3.05) is 5.32 Å². The molecule has 76 valence electrons. The number of nitrogens with one attached hydrogen (secondary N) is 1. The van der Waals surface area contributed by atoms with Crippen LogP contribution in [0.4, 0.5) is 5.13 Å². The third-order valence-electron chi connectivity index (χ3n) is 1.71. The van der Waals surface area contributed by atoms with Gasteiger partial charge in [-0.2, -0.15) is 5.26 Å². The Morgan fingerprint density at radius 2 is 2.53 bits per heavy atom. The van der Waals surface area contributed by atoms with Gasteiger partial charge in [-0.05, 0) is 6.07 Å². The van der Waals surface area contributed by atoms with E-state index in [1.165, 1.54) is 11.3 Å². The second-order valence-electron chi connectivity index (χ2n) is 2.74. The molecule has 1 N–H and O–H groups in total. The van der Waals surface area contributed by atoms with Gasteiger partial charge in [-0.25, -0.2) is 4.98 Å². The Labute approximate surface area is 95.1 Å². The van der Waals surface area contributed by atoms with Crippen LogP contribution < -0.4 is 5.32 Å². The van der Waals surface area contributed by atoms with Gasteiger partial charge >= 0.3 is 0 Å². The number of anilines is 1. The molecule has 0 radical (unpaired) electrons. The van der Waals surface area contributed by atoms with Gasteiger partial charge in [-0.1, -0.05) is 22.9 Å². The van der Waals surface area contributed by atoms with Gasteiger partial charge in [-0.3, -0.25) is 0 Å². The van der Waals surface area contributed by atoms with Crippen molar-refractivity contribution in [3.8, 4) is 6.07 Å². The summed E-state index contributed by atoms with van der Waals surface area (Å²) < 4.78 is 4.92. The average Bonchev–Trinajstić information content (AvgIpc) is 2.83.